The van der Waals surface area contributed by atoms with Crippen LogP contribution in [0.25, 0.3) is 0 Å². The average molecular weight is 206 g/mol. The molecule has 1 aliphatic rings. The van der Waals surface area contributed by atoms with Crippen molar-refractivity contribution in [3.8, 4) is 0 Å². The molecule has 0 N–H and O–H groups in total. The Morgan fingerprint density at radius 2 is 2.27 bits per heavy atom. The zero-order valence-corrected chi connectivity index (χ0v) is 8.73. The van der Waals surface area contributed by atoms with Crippen molar-refractivity contribution >= 4 is 5.97 Å². The van der Waals surface area contributed by atoms with E-state index < -0.39 is 0 Å². The number of ether oxygens (including phenoxy) is 2. The van der Waals surface area contributed by atoms with Crippen LogP contribution in [-0.4, -0.2) is 25.3 Å². The molecule has 0 aromatic heterocycles. The first kappa shape index (κ1) is 10.2. The van der Waals surface area contributed by atoms with Crippen molar-refractivity contribution in [3.63, 3.8) is 0 Å². The summed E-state index contributed by atoms with van der Waals surface area (Å²) in [4.78, 5) is 11.7. The van der Waals surface area contributed by atoms with E-state index in [-0.39, 0.29) is 12.1 Å². The minimum Gasteiger partial charge on any atom is -0.456 e. The smallest absolute Gasteiger partial charge is 0.338 e. The molecule has 0 spiro atoms. The summed E-state index contributed by atoms with van der Waals surface area (Å²) in [6.45, 7) is 3.12. The second-order valence-electron chi connectivity index (χ2n) is 3.71. The molecule has 15 heavy (non-hydrogen) atoms. The van der Waals surface area contributed by atoms with Crippen molar-refractivity contribution in [3.05, 3.63) is 35.4 Å². The predicted octanol–water partition coefficient (Wildman–Crippen LogP) is 1.94. The maximum atomic E-state index is 11.7. The van der Waals surface area contributed by atoms with Crippen molar-refractivity contribution in [1.29, 1.82) is 0 Å². The van der Waals surface area contributed by atoms with Gasteiger partial charge in [-0.1, -0.05) is 18.2 Å². The third-order valence-corrected chi connectivity index (χ3v) is 2.53. The fraction of sp³-hybridized carbons (Fsp3) is 0.417. The molecule has 80 valence electrons. The highest BCUT2D eigenvalue weighted by Gasteiger charge is 2.21. The van der Waals surface area contributed by atoms with E-state index in [0.717, 1.165) is 12.0 Å². The molecule has 0 aliphatic carbocycles. The topological polar surface area (TPSA) is 35.5 Å². The molecular formula is C12H14O3. The van der Waals surface area contributed by atoms with Crippen molar-refractivity contribution in [2.45, 2.75) is 19.4 Å². The Hall–Kier alpha value is -1.35. The van der Waals surface area contributed by atoms with Gasteiger partial charge >= 0.3 is 5.97 Å². The third kappa shape index (κ3) is 2.36. The van der Waals surface area contributed by atoms with Crippen LogP contribution in [-0.2, 0) is 9.47 Å². The number of hydrogen-bond acceptors (Lipinski definition) is 3. The molecule has 1 aliphatic heterocycles. The van der Waals surface area contributed by atoms with Crippen molar-refractivity contribution in [1.82, 2.24) is 0 Å². The summed E-state index contributed by atoms with van der Waals surface area (Å²) < 4.78 is 10.5. The SMILES string of the molecule is Cc1ccccc1C(=O)O[C@H]1CCOC1. The number of carbonyl (C=O) groups is 1. The normalized spacial score (nSPS) is 20.2. The summed E-state index contributed by atoms with van der Waals surface area (Å²) in [7, 11) is 0. The Morgan fingerprint density at radius 3 is 2.93 bits per heavy atom. The van der Waals surface area contributed by atoms with Crippen LogP contribution < -0.4 is 0 Å². The van der Waals surface area contributed by atoms with E-state index in [1.807, 2.05) is 25.1 Å². The lowest BCUT2D eigenvalue weighted by atomic mass is 10.1. The highest BCUT2D eigenvalue weighted by atomic mass is 16.6. The molecule has 3 heteroatoms. The fourth-order valence-electron chi connectivity index (χ4n) is 1.62. The molecule has 0 radical (unpaired) electrons. The van der Waals surface area contributed by atoms with Gasteiger partial charge in [0, 0.05) is 6.42 Å². The lowest BCUT2D eigenvalue weighted by molar-refractivity contribution is 0.0270. The van der Waals surface area contributed by atoms with Crippen molar-refractivity contribution < 1.29 is 14.3 Å². The first-order chi connectivity index (χ1) is 7.27. The number of hydrogen-bond donors (Lipinski definition) is 0. The van der Waals surface area contributed by atoms with Crippen LogP contribution in [0.5, 0.6) is 0 Å². The van der Waals surface area contributed by atoms with Gasteiger partial charge in [0.15, 0.2) is 0 Å². The van der Waals surface area contributed by atoms with E-state index in [1.165, 1.54) is 0 Å². The molecule has 0 bridgehead atoms. The van der Waals surface area contributed by atoms with Gasteiger partial charge in [0.1, 0.15) is 6.10 Å². The monoisotopic (exact) mass is 206 g/mol. The van der Waals surface area contributed by atoms with Gasteiger partial charge in [0.25, 0.3) is 0 Å². The zero-order chi connectivity index (χ0) is 10.7. The second-order valence-corrected chi connectivity index (χ2v) is 3.71. The van der Waals surface area contributed by atoms with Crippen LogP contribution in [0.1, 0.15) is 22.3 Å². The Kier molecular flexibility index (Phi) is 3.02. The molecular weight excluding hydrogens is 192 g/mol. The molecule has 1 atom stereocenters. The maximum Gasteiger partial charge on any atom is 0.338 e. The highest BCUT2D eigenvalue weighted by molar-refractivity contribution is 5.91. The van der Waals surface area contributed by atoms with Crippen molar-refractivity contribution in [2.24, 2.45) is 0 Å². The number of esters is 1. The Labute approximate surface area is 89.0 Å². The molecule has 2 rings (SSSR count). The van der Waals surface area contributed by atoms with Crippen LogP contribution in [0.2, 0.25) is 0 Å². The molecule has 1 aromatic carbocycles. The third-order valence-electron chi connectivity index (χ3n) is 2.53. The molecule has 1 saturated heterocycles. The number of rotatable bonds is 2. The Balaban J connectivity index is 2.04. The van der Waals surface area contributed by atoms with Gasteiger partial charge in [-0.05, 0) is 18.6 Å². The first-order valence-corrected chi connectivity index (χ1v) is 5.12. The quantitative estimate of drug-likeness (QED) is 0.694. The summed E-state index contributed by atoms with van der Waals surface area (Å²) in [6.07, 6.45) is 0.731. The largest absolute Gasteiger partial charge is 0.456 e. The molecule has 1 heterocycles. The van der Waals surface area contributed by atoms with E-state index in [9.17, 15) is 4.79 Å². The number of benzene rings is 1. The van der Waals surface area contributed by atoms with Gasteiger partial charge in [-0.3, -0.25) is 0 Å². The van der Waals surface area contributed by atoms with Gasteiger partial charge in [0.05, 0.1) is 18.8 Å². The van der Waals surface area contributed by atoms with Crippen molar-refractivity contribution in [2.75, 3.05) is 13.2 Å². The van der Waals surface area contributed by atoms with Gasteiger partial charge in [-0.2, -0.15) is 0 Å². The van der Waals surface area contributed by atoms with Crippen LogP contribution in [0.3, 0.4) is 0 Å². The molecule has 1 aromatic rings. The van der Waals surface area contributed by atoms with Crippen LogP contribution in [0, 0.1) is 6.92 Å². The first-order valence-electron chi connectivity index (χ1n) is 5.12. The molecule has 0 unspecified atom stereocenters. The summed E-state index contributed by atoms with van der Waals surface area (Å²) in [6, 6.07) is 7.44. The number of aryl methyl sites for hydroxylation is 1. The molecule has 0 amide bonds. The van der Waals surface area contributed by atoms with Crippen LogP contribution in [0.15, 0.2) is 24.3 Å². The van der Waals surface area contributed by atoms with Crippen LogP contribution >= 0.6 is 0 Å². The minimum atomic E-state index is -0.247. The summed E-state index contributed by atoms with van der Waals surface area (Å²) in [5.41, 5.74) is 1.59. The molecule has 1 fully saturated rings. The maximum absolute atomic E-state index is 11.7. The van der Waals surface area contributed by atoms with Gasteiger partial charge in [-0.15, -0.1) is 0 Å². The molecule has 0 saturated carbocycles. The Bertz CT molecular complexity index is 354. The highest BCUT2D eigenvalue weighted by Crippen LogP contribution is 2.14. The number of carbonyl (C=O) groups excluding carboxylic acids is 1. The standard InChI is InChI=1S/C12H14O3/c1-9-4-2-3-5-11(9)12(13)15-10-6-7-14-8-10/h2-5,10H,6-8H2,1H3/t10-/m0/s1. The van der Waals surface area contributed by atoms with E-state index in [1.54, 1.807) is 6.07 Å². The van der Waals surface area contributed by atoms with E-state index in [2.05, 4.69) is 0 Å². The summed E-state index contributed by atoms with van der Waals surface area (Å²) in [5, 5.41) is 0. The van der Waals surface area contributed by atoms with Gasteiger partial charge < -0.3 is 9.47 Å². The van der Waals surface area contributed by atoms with E-state index >= 15 is 0 Å². The fourth-order valence-corrected chi connectivity index (χ4v) is 1.62. The molecule has 3 nitrogen and oxygen atoms in total. The Morgan fingerprint density at radius 1 is 1.47 bits per heavy atom. The van der Waals surface area contributed by atoms with E-state index in [4.69, 9.17) is 9.47 Å². The average Bonchev–Trinajstić information content (AvgIpc) is 2.71. The summed E-state index contributed by atoms with van der Waals surface area (Å²) >= 11 is 0. The van der Waals surface area contributed by atoms with Crippen LogP contribution in [0.4, 0.5) is 0 Å². The minimum absolute atomic E-state index is 0.0721. The zero-order valence-electron chi connectivity index (χ0n) is 8.73. The predicted molar refractivity (Wildman–Crippen MR) is 55.8 cm³/mol. The van der Waals surface area contributed by atoms with Gasteiger partial charge in [0.2, 0.25) is 0 Å². The lowest BCUT2D eigenvalue weighted by Crippen LogP contribution is -2.18. The lowest BCUT2D eigenvalue weighted by Gasteiger charge is -2.11. The van der Waals surface area contributed by atoms with E-state index in [0.29, 0.717) is 18.8 Å². The summed E-state index contributed by atoms with van der Waals surface area (Å²) in [5.74, 6) is -0.247. The van der Waals surface area contributed by atoms with Gasteiger partial charge in [-0.25, -0.2) is 4.79 Å². The second kappa shape index (κ2) is 4.45.